The van der Waals surface area contributed by atoms with Crippen molar-refractivity contribution in [3.8, 4) is 0 Å². The van der Waals surface area contributed by atoms with Crippen molar-refractivity contribution in [2.75, 3.05) is 32.7 Å². The van der Waals surface area contributed by atoms with E-state index in [4.69, 9.17) is 39.5 Å². The van der Waals surface area contributed by atoms with Gasteiger partial charge in [0.2, 0.25) is 23.6 Å². The monoisotopic (exact) mass is 669 g/mol. The molecule has 1 rings (SSSR count). The third kappa shape index (κ3) is 16.2. The van der Waals surface area contributed by atoms with Crippen LogP contribution in [0.5, 0.6) is 0 Å². The summed E-state index contributed by atoms with van der Waals surface area (Å²) in [6, 6.07) is -4.68. The van der Waals surface area contributed by atoms with Crippen LogP contribution in [0, 0.1) is 10.8 Å². The summed E-state index contributed by atoms with van der Waals surface area (Å²) in [6.07, 6.45) is 4.77. The predicted octanol–water partition coefficient (Wildman–Crippen LogP) is -3.76. The maximum atomic E-state index is 13.2. The third-order valence-corrected chi connectivity index (χ3v) is 7.68. The Bertz CT molecular complexity index is 1060. The molecule has 0 aromatic carbocycles. The number of carbonyl (C=O) groups excluding carboxylic acids is 4. The summed E-state index contributed by atoms with van der Waals surface area (Å²) in [5.74, 6) is -3.52. The Kier molecular flexibility index (Phi) is 19.4. The van der Waals surface area contributed by atoms with Crippen molar-refractivity contribution >= 4 is 41.5 Å². The van der Waals surface area contributed by atoms with E-state index in [1.54, 1.807) is 0 Å². The van der Waals surface area contributed by atoms with Crippen molar-refractivity contribution in [3.05, 3.63) is 0 Å². The van der Waals surface area contributed by atoms with Crippen molar-refractivity contribution in [1.29, 1.82) is 10.8 Å². The molecule has 0 spiro atoms. The predicted molar refractivity (Wildman–Crippen MR) is 176 cm³/mol. The van der Waals surface area contributed by atoms with E-state index in [1.807, 2.05) is 0 Å². The molecule has 0 bridgehead atoms. The maximum absolute atomic E-state index is 13.2. The number of carboxylic acid groups (broad SMARTS) is 1. The average Bonchev–Trinajstić information content (AvgIpc) is 3.51. The lowest BCUT2D eigenvalue weighted by Gasteiger charge is -2.28. The first-order valence-electron chi connectivity index (χ1n) is 16.1. The molecule has 1 heterocycles. The number of unbranched alkanes of at least 4 members (excludes halogenated alkanes) is 2. The molecule has 1 fully saturated rings. The number of likely N-dealkylation sites (tertiary alicyclic amines) is 1. The van der Waals surface area contributed by atoms with Gasteiger partial charge in [0.05, 0.1) is 12.1 Å². The smallest absolute Gasteiger partial charge is 0.326 e. The SMILES string of the molecule is N=C(N)NCCCC[C@H](N)C(=O)NCCCC[C@H](N)C(=O)N1CCCC1C(=O)N[C@@H](CCN)C(=O)N[C@@H](CCCNC(=N)N)C(=O)O. The molecule has 1 aliphatic heterocycles. The second-order valence-electron chi connectivity index (χ2n) is 11.5. The van der Waals surface area contributed by atoms with Crippen molar-refractivity contribution in [3.63, 3.8) is 0 Å². The highest BCUT2D eigenvalue weighted by Gasteiger charge is 2.37. The van der Waals surface area contributed by atoms with Gasteiger partial charge < -0.3 is 65.3 Å². The van der Waals surface area contributed by atoms with Crippen LogP contribution in [0.15, 0.2) is 0 Å². The second kappa shape index (κ2) is 22.3. The Morgan fingerprint density at radius 2 is 1.32 bits per heavy atom. The highest BCUT2D eigenvalue weighted by Crippen LogP contribution is 2.20. The van der Waals surface area contributed by atoms with Crippen LogP contribution in [0.1, 0.15) is 70.6 Å². The first-order chi connectivity index (χ1) is 22.3. The lowest BCUT2D eigenvalue weighted by molar-refractivity contribution is -0.143. The Hall–Kier alpha value is -4.23. The van der Waals surface area contributed by atoms with Crippen LogP contribution in [-0.4, -0.2) is 114 Å². The number of nitrogens with two attached hydrogens (primary N) is 5. The lowest BCUT2D eigenvalue weighted by atomic mass is 10.1. The zero-order valence-corrected chi connectivity index (χ0v) is 27.0. The molecule has 19 heteroatoms. The van der Waals surface area contributed by atoms with Crippen LogP contribution >= 0.6 is 0 Å². The molecule has 4 amide bonds. The molecule has 0 radical (unpaired) electrons. The van der Waals surface area contributed by atoms with E-state index in [0.717, 1.165) is 6.42 Å². The Balaban J connectivity index is 2.54. The van der Waals surface area contributed by atoms with Crippen LogP contribution in [0.4, 0.5) is 0 Å². The zero-order valence-electron chi connectivity index (χ0n) is 27.0. The first kappa shape index (κ1) is 40.8. The molecule has 1 unspecified atom stereocenters. The van der Waals surface area contributed by atoms with Crippen LogP contribution in [0.2, 0.25) is 0 Å². The van der Waals surface area contributed by atoms with Gasteiger partial charge in [-0.15, -0.1) is 0 Å². The van der Waals surface area contributed by atoms with Gasteiger partial charge in [0.15, 0.2) is 11.9 Å². The Morgan fingerprint density at radius 3 is 1.89 bits per heavy atom. The third-order valence-electron chi connectivity index (χ3n) is 7.68. The number of hydrogen-bond acceptors (Lipinski definition) is 10. The van der Waals surface area contributed by atoms with Gasteiger partial charge in [-0.2, -0.15) is 0 Å². The molecule has 0 saturated carbocycles. The van der Waals surface area contributed by atoms with Gasteiger partial charge >= 0.3 is 5.97 Å². The summed E-state index contributed by atoms with van der Waals surface area (Å²) in [5, 5.41) is 36.9. The molecule has 1 aliphatic rings. The summed E-state index contributed by atoms with van der Waals surface area (Å²) in [4.78, 5) is 64.6. The van der Waals surface area contributed by atoms with E-state index in [-0.39, 0.29) is 43.8 Å². The van der Waals surface area contributed by atoms with Crippen molar-refractivity contribution in [1.82, 2.24) is 31.5 Å². The van der Waals surface area contributed by atoms with E-state index in [0.29, 0.717) is 71.0 Å². The van der Waals surface area contributed by atoms with E-state index in [9.17, 15) is 29.1 Å². The highest BCUT2D eigenvalue weighted by atomic mass is 16.4. The molecular weight excluding hydrogens is 614 g/mol. The quantitative estimate of drug-likeness (QED) is 0.0283. The van der Waals surface area contributed by atoms with Crippen molar-refractivity contribution in [2.45, 2.75) is 101 Å². The Labute approximate surface area is 275 Å². The summed E-state index contributed by atoms with van der Waals surface area (Å²) in [5.41, 5.74) is 28.2. The summed E-state index contributed by atoms with van der Waals surface area (Å²) >= 11 is 0. The molecule has 268 valence electrons. The van der Waals surface area contributed by atoms with Gasteiger partial charge in [-0.25, -0.2) is 4.79 Å². The fraction of sp³-hybridized carbons (Fsp3) is 0.750. The zero-order chi connectivity index (χ0) is 35.4. The number of hydrogen-bond donors (Lipinski definition) is 13. The summed E-state index contributed by atoms with van der Waals surface area (Å²) in [6.45, 7) is 1.53. The molecule has 19 nitrogen and oxygen atoms in total. The molecule has 1 saturated heterocycles. The van der Waals surface area contributed by atoms with Crippen LogP contribution in [-0.2, 0) is 24.0 Å². The number of rotatable bonds is 23. The minimum atomic E-state index is -1.25. The number of carbonyl (C=O) groups is 5. The molecule has 5 atom stereocenters. The lowest BCUT2D eigenvalue weighted by Crippen LogP contribution is -2.57. The molecule has 47 heavy (non-hydrogen) atoms. The number of carboxylic acids is 1. The van der Waals surface area contributed by atoms with Gasteiger partial charge in [-0.3, -0.25) is 30.0 Å². The highest BCUT2D eigenvalue weighted by molar-refractivity contribution is 5.94. The maximum Gasteiger partial charge on any atom is 0.326 e. The molecule has 0 aromatic rings. The van der Waals surface area contributed by atoms with E-state index < -0.39 is 53.9 Å². The minimum absolute atomic E-state index is 0.0448. The molecular formula is C28H55N13O6. The number of amides is 4. The van der Waals surface area contributed by atoms with E-state index in [2.05, 4.69) is 26.6 Å². The van der Waals surface area contributed by atoms with Crippen LogP contribution < -0.4 is 55.3 Å². The summed E-state index contributed by atoms with van der Waals surface area (Å²) < 4.78 is 0. The first-order valence-corrected chi connectivity index (χ1v) is 16.1. The molecule has 0 aromatic heterocycles. The normalized spacial score (nSPS) is 16.7. The fourth-order valence-electron chi connectivity index (χ4n) is 5.08. The van der Waals surface area contributed by atoms with Gasteiger partial charge in [-0.05, 0) is 77.2 Å². The molecule has 0 aliphatic carbocycles. The van der Waals surface area contributed by atoms with Gasteiger partial charge in [0.25, 0.3) is 0 Å². The van der Waals surface area contributed by atoms with Gasteiger partial charge in [0.1, 0.15) is 18.1 Å². The topological polar surface area (TPSA) is 347 Å². The van der Waals surface area contributed by atoms with E-state index >= 15 is 0 Å². The number of nitrogens with one attached hydrogen (secondary N) is 7. The van der Waals surface area contributed by atoms with E-state index in [1.165, 1.54) is 4.90 Å². The second-order valence-corrected chi connectivity index (χ2v) is 11.5. The number of nitrogens with zero attached hydrogens (tertiary/aromatic N) is 1. The average molecular weight is 670 g/mol. The summed E-state index contributed by atoms with van der Waals surface area (Å²) in [7, 11) is 0. The largest absolute Gasteiger partial charge is 0.480 e. The van der Waals surface area contributed by atoms with Crippen LogP contribution in [0.3, 0.4) is 0 Å². The number of guanidine groups is 2. The standard InChI is InChI=1S/C28H55N13O6/c29-12-11-19(23(43)40-20(26(46)47)9-5-15-38-28(34)35)39-24(44)21-10-6-16-41(21)25(45)18(31)8-2-3-13-36-22(42)17(30)7-1-4-14-37-27(32)33/h17-21H,1-16,29-31H2,(H,36,42)(H,39,44)(H,40,43)(H,46,47)(H4,32,33,37)(H4,34,35,38)/t17-,18-,19-,20-,21?/m0/s1. The molecule has 18 N–H and O–H groups in total. The van der Waals surface area contributed by atoms with Crippen molar-refractivity contribution < 1.29 is 29.1 Å². The minimum Gasteiger partial charge on any atom is -0.480 e. The number of aliphatic carboxylic acids is 1. The fourth-order valence-corrected chi connectivity index (χ4v) is 5.08. The van der Waals surface area contributed by atoms with Crippen molar-refractivity contribution in [2.24, 2.45) is 28.7 Å². The van der Waals surface area contributed by atoms with Crippen LogP contribution in [0.25, 0.3) is 0 Å². The van der Waals surface area contributed by atoms with Gasteiger partial charge in [0, 0.05) is 26.2 Å². The Morgan fingerprint density at radius 1 is 0.745 bits per heavy atom. The van der Waals surface area contributed by atoms with Gasteiger partial charge in [-0.1, -0.05) is 0 Å².